The van der Waals surface area contributed by atoms with Gasteiger partial charge in [-0.25, -0.2) is 9.59 Å². The largest absolute Gasteiger partial charge is 0.465 e. The van der Waals surface area contributed by atoms with E-state index in [9.17, 15) is 9.59 Å². The van der Waals surface area contributed by atoms with Gasteiger partial charge >= 0.3 is 11.9 Å². The monoisotopic (exact) mass is 570 g/mol. The molecule has 4 nitrogen and oxygen atoms in total. The lowest BCUT2D eigenvalue weighted by Crippen LogP contribution is -2.26. The number of carbonyl (C=O) groups excluding carboxylic acids is 2. The van der Waals surface area contributed by atoms with E-state index >= 15 is 0 Å². The second kappa shape index (κ2) is 13.2. The van der Waals surface area contributed by atoms with Gasteiger partial charge in [-0.3, -0.25) is 0 Å². The fraction of sp³-hybridized carbons (Fsp3) is 0.0811. The van der Waals surface area contributed by atoms with Crippen LogP contribution >= 0.6 is 7.92 Å². The van der Waals surface area contributed by atoms with Crippen LogP contribution in [0.3, 0.4) is 0 Å². The molecule has 0 unspecified atom stereocenters. The van der Waals surface area contributed by atoms with E-state index in [-0.39, 0.29) is 11.9 Å². The molecule has 0 radical (unpaired) electrons. The maximum Gasteiger partial charge on any atom is 0.339 e. The van der Waals surface area contributed by atoms with Crippen molar-refractivity contribution in [1.29, 1.82) is 0 Å². The van der Waals surface area contributed by atoms with Gasteiger partial charge in [0.1, 0.15) is 0 Å². The minimum Gasteiger partial charge on any atom is -0.465 e. The molecule has 0 aliphatic rings. The standard InChI is InChI=1S/C24H19O2P.C13H12O2/c1-26-24(25)23-21-15-9-8-10-18(21)16-17-22(23)27(19-11-4-2-5-12-19)20-13-6-3-7-14-20;1-9-7-8-10-5-3-4-6-11(10)12(9)13(14)15-2/h2-17H,1H3;3-8H,1-2H3. The molecule has 0 fully saturated rings. The molecule has 0 aliphatic carbocycles. The second-order valence-electron chi connectivity index (χ2n) is 9.65. The summed E-state index contributed by atoms with van der Waals surface area (Å²) < 4.78 is 9.96. The Bertz CT molecular complexity index is 1810. The van der Waals surface area contributed by atoms with Gasteiger partial charge in [-0.2, -0.15) is 0 Å². The molecule has 0 N–H and O–H groups in total. The lowest BCUT2D eigenvalue weighted by atomic mass is 10.00. The molecule has 6 aromatic carbocycles. The van der Waals surface area contributed by atoms with Crippen molar-refractivity contribution in [1.82, 2.24) is 0 Å². The molecule has 0 aliphatic heterocycles. The lowest BCUT2D eigenvalue weighted by molar-refractivity contribution is 0.0594. The number of hydrogen-bond acceptors (Lipinski definition) is 4. The Kier molecular flexibility index (Phi) is 9.06. The maximum atomic E-state index is 12.8. The Morgan fingerprint density at radius 2 is 0.929 bits per heavy atom. The Labute approximate surface area is 247 Å². The van der Waals surface area contributed by atoms with Gasteiger partial charge in [0.25, 0.3) is 0 Å². The van der Waals surface area contributed by atoms with Crippen molar-refractivity contribution in [2.75, 3.05) is 14.2 Å². The van der Waals surface area contributed by atoms with Gasteiger partial charge in [-0.1, -0.05) is 133 Å². The third-order valence-corrected chi connectivity index (χ3v) is 9.58. The number of ether oxygens (including phenoxy) is 2. The van der Waals surface area contributed by atoms with Crippen LogP contribution in [0.25, 0.3) is 21.5 Å². The van der Waals surface area contributed by atoms with Crippen LogP contribution in [0.5, 0.6) is 0 Å². The summed E-state index contributed by atoms with van der Waals surface area (Å²) in [5.74, 6) is -0.564. The number of esters is 2. The average Bonchev–Trinajstić information content (AvgIpc) is 3.05. The van der Waals surface area contributed by atoms with Crippen molar-refractivity contribution in [2.24, 2.45) is 0 Å². The first-order valence-corrected chi connectivity index (χ1v) is 14.9. The van der Waals surface area contributed by atoms with E-state index in [1.165, 1.54) is 24.8 Å². The molecular formula is C37H31O4P. The van der Waals surface area contributed by atoms with Gasteiger partial charge in [0.15, 0.2) is 0 Å². The Morgan fingerprint density at radius 1 is 0.500 bits per heavy atom. The van der Waals surface area contributed by atoms with Gasteiger partial charge in [0.2, 0.25) is 0 Å². The number of methoxy groups -OCH3 is 2. The summed E-state index contributed by atoms with van der Waals surface area (Å²) in [5.41, 5.74) is 2.27. The van der Waals surface area contributed by atoms with Crippen LogP contribution in [0.4, 0.5) is 0 Å². The SMILES string of the molecule is COC(=O)c1c(C)ccc2ccccc12.COC(=O)c1c(P(c2ccccc2)c2ccccc2)ccc2ccccc12. The molecule has 0 spiro atoms. The molecule has 5 heteroatoms. The van der Waals surface area contributed by atoms with Crippen molar-refractivity contribution in [3.63, 3.8) is 0 Å². The molecule has 0 bridgehead atoms. The van der Waals surface area contributed by atoms with Crippen molar-refractivity contribution in [2.45, 2.75) is 6.92 Å². The topological polar surface area (TPSA) is 52.6 Å². The Hall–Kier alpha value is -4.79. The highest BCUT2D eigenvalue weighted by atomic mass is 31.1. The molecular weight excluding hydrogens is 539 g/mol. The summed E-state index contributed by atoms with van der Waals surface area (Å²) in [4.78, 5) is 24.4. The van der Waals surface area contributed by atoms with E-state index < -0.39 is 7.92 Å². The van der Waals surface area contributed by atoms with E-state index in [1.807, 2.05) is 104 Å². The van der Waals surface area contributed by atoms with Gasteiger partial charge in [0.05, 0.1) is 25.3 Å². The summed E-state index contributed by atoms with van der Waals surface area (Å²) in [7, 11) is 1.97. The molecule has 0 saturated carbocycles. The third kappa shape index (κ3) is 5.95. The number of carbonyl (C=O) groups is 2. The van der Waals surface area contributed by atoms with Crippen LogP contribution in [0.15, 0.2) is 133 Å². The molecule has 0 saturated heterocycles. The van der Waals surface area contributed by atoms with E-state index in [0.717, 1.165) is 32.4 Å². The number of rotatable bonds is 5. The van der Waals surface area contributed by atoms with E-state index in [4.69, 9.17) is 9.47 Å². The summed E-state index contributed by atoms with van der Waals surface area (Å²) in [6, 6.07) is 44.7. The number of fused-ring (bicyclic) bond motifs is 2. The minimum atomic E-state index is -0.879. The predicted octanol–water partition coefficient (Wildman–Crippen LogP) is 7.32. The molecule has 208 valence electrons. The molecule has 6 rings (SSSR count). The van der Waals surface area contributed by atoms with E-state index in [2.05, 4.69) is 36.4 Å². The fourth-order valence-corrected chi connectivity index (χ4v) is 7.55. The predicted molar refractivity (Wildman–Crippen MR) is 174 cm³/mol. The van der Waals surface area contributed by atoms with Gasteiger partial charge in [-0.05, 0) is 52.6 Å². The van der Waals surface area contributed by atoms with Gasteiger partial charge < -0.3 is 9.47 Å². The molecule has 0 amide bonds. The first-order valence-electron chi connectivity index (χ1n) is 13.6. The lowest BCUT2D eigenvalue weighted by Gasteiger charge is -2.22. The summed E-state index contributed by atoms with van der Waals surface area (Å²) in [6.45, 7) is 1.92. The summed E-state index contributed by atoms with van der Waals surface area (Å²) >= 11 is 0. The number of aryl methyl sites for hydroxylation is 1. The van der Waals surface area contributed by atoms with E-state index in [0.29, 0.717) is 11.1 Å². The van der Waals surface area contributed by atoms with Crippen molar-refractivity contribution < 1.29 is 19.1 Å². The number of benzene rings is 6. The zero-order valence-corrected chi connectivity index (χ0v) is 24.7. The van der Waals surface area contributed by atoms with Crippen LogP contribution in [-0.2, 0) is 9.47 Å². The fourth-order valence-electron chi connectivity index (χ4n) is 5.10. The Balaban J connectivity index is 0.000000199. The molecule has 0 aromatic heterocycles. The van der Waals surface area contributed by atoms with Crippen LogP contribution in [0.2, 0.25) is 0 Å². The van der Waals surface area contributed by atoms with Crippen molar-refractivity contribution in [3.8, 4) is 0 Å². The zero-order valence-electron chi connectivity index (χ0n) is 23.8. The maximum absolute atomic E-state index is 12.8. The molecule has 0 atom stereocenters. The number of hydrogen-bond donors (Lipinski definition) is 0. The molecule has 42 heavy (non-hydrogen) atoms. The first kappa shape index (κ1) is 28.7. The third-order valence-electron chi connectivity index (χ3n) is 7.09. The minimum absolute atomic E-state index is 0.274. The highest BCUT2D eigenvalue weighted by Gasteiger charge is 2.24. The molecule has 6 aromatic rings. The van der Waals surface area contributed by atoms with Crippen molar-refractivity contribution in [3.05, 3.63) is 150 Å². The first-order chi connectivity index (χ1) is 20.5. The highest BCUT2D eigenvalue weighted by Crippen LogP contribution is 2.36. The van der Waals surface area contributed by atoms with E-state index in [1.54, 1.807) is 0 Å². The van der Waals surface area contributed by atoms with Gasteiger partial charge in [0, 0.05) is 5.30 Å². The summed E-state index contributed by atoms with van der Waals surface area (Å²) in [5, 5.41) is 7.41. The van der Waals surface area contributed by atoms with Crippen molar-refractivity contribution >= 4 is 57.3 Å². The van der Waals surface area contributed by atoms with Crippen LogP contribution in [0.1, 0.15) is 26.3 Å². The van der Waals surface area contributed by atoms with Crippen LogP contribution in [0, 0.1) is 6.92 Å². The average molecular weight is 571 g/mol. The second-order valence-corrected chi connectivity index (χ2v) is 11.8. The smallest absolute Gasteiger partial charge is 0.339 e. The van der Waals surface area contributed by atoms with Gasteiger partial charge in [-0.15, -0.1) is 0 Å². The molecule has 0 heterocycles. The highest BCUT2D eigenvalue weighted by molar-refractivity contribution is 7.80. The van der Waals surface area contributed by atoms with Crippen LogP contribution < -0.4 is 15.9 Å². The zero-order chi connectivity index (χ0) is 29.5. The summed E-state index contributed by atoms with van der Waals surface area (Å²) in [6.07, 6.45) is 0. The van der Waals surface area contributed by atoms with Crippen LogP contribution in [-0.4, -0.2) is 26.2 Å². The quantitative estimate of drug-likeness (QED) is 0.161. The normalized spacial score (nSPS) is 10.7. The Morgan fingerprint density at radius 3 is 1.45 bits per heavy atom.